The highest BCUT2D eigenvalue weighted by Crippen LogP contribution is 2.33. The number of methoxy groups -OCH3 is 1. The van der Waals surface area contributed by atoms with E-state index in [0.717, 1.165) is 11.3 Å². The maximum absolute atomic E-state index is 14.8. The first kappa shape index (κ1) is 23.1. The Labute approximate surface area is 195 Å². The number of sulfonamides is 1. The average Bonchev–Trinajstić information content (AvgIpc) is 3.55. The zero-order valence-corrected chi connectivity index (χ0v) is 19.9. The lowest BCUT2D eigenvalue weighted by molar-refractivity contribution is -0.120. The number of amides is 1. The molecule has 3 aromatic rings. The van der Waals surface area contributed by atoms with Gasteiger partial charge in [-0.15, -0.1) is 11.3 Å². The number of nitrogens with zero attached hydrogens (tertiary/aromatic N) is 2. The lowest BCUT2D eigenvalue weighted by Crippen LogP contribution is -2.35. The predicted octanol–water partition coefficient (Wildman–Crippen LogP) is 4.17. The lowest BCUT2D eigenvalue weighted by atomic mass is 9.89. The Morgan fingerprint density at radius 3 is 2.64 bits per heavy atom. The molecule has 2 heterocycles. The average molecular weight is 491 g/mol. The predicted molar refractivity (Wildman–Crippen MR) is 126 cm³/mol. The highest BCUT2D eigenvalue weighted by Gasteiger charge is 2.37. The molecule has 4 rings (SSSR count). The number of benzene rings is 1. The van der Waals surface area contributed by atoms with E-state index in [9.17, 15) is 17.6 Å². The lowest BCUT2D eigenvalue weighted by Gasteiger charge is -2.22. The Morgan fingerprint density at radius 2 is 1.97 bits per heavy atom. The van der Waals surface area contributed by atoms with Crippen LogP contribution < -0.4 is 14.8 Å². The molecule has 0 bridgehead atoms. The van der Waals surface area contributed by atoms with Gasteiger partial charge in [0.2, 0.25) is 15.9 Å². The molecule has 1 saturated carbocycles. The summed E-state index contributed by atoms with van der Waals surface area (Å²) in [5, 5.41) is 4.07. The molecule has 11 heteroatoms. The van der Waals surface area contributed by atoms with E-state index in [1.165, 1.54) is 19.2 Å². The van der Waals surface area contributed by atoms with Gasteiger partial charge < -0.3 is 10.1 Å². The Hall–Kier alpha value is -3.05. The zero-order valence-electron chi connectivity index (χ0n) is 18.3. The molecule has 1 fully saturated rings. The Balaban J connectivity index is 1.49. The minimum Gasteiger partial charge on any atom is -0.495 e. The first-order valence-electron chi connectivity index (χ1n) is 10.2. The van der Waals surface area contributed by atoms with Crippen molar-refractivity contribution in [2.45, 2.75) is 37.4 Å². The van der Waals surface area contributed by atoms with Crippen LogP contribution in [0.5, 0.6) is 5.75 Å². The van der Waals surface area contributed by atoms with E-state index in [-0.39, 0.29) is 16.1 Å². The smallest absolute Gasteiger partial charge is 0.237 e. The standard InChI is InChI=1S/C22H23FN4O4S2/c1-22(2,19-12-32-21(26-19)27-33(29,30)16-5-6-16)20(28)25-18-7-4-13(9-17(18)23)14-8-15(31-3)11-24-10-14/h4,7-12,16H,5-6H2,1-3H3,(H,25,28)(H,26,27). The van der Waals surface area contributed by atoms with E-state index in [1.54, 1.807) is 43.8 Å². The molecule has 0 aliphatic heterocycles. The fourth-order valence-corrected chi connectivity index (χ4v) is 5.55. The van der Waals surface area contributed by atoms with Crippen molar-refractivity contribution < 1.29 is 22.3 Å². The van der Waals surface area contributed by atoms with E-state index < -0.39 is 27.2 Å². The number of thiazole rings is 1. The summed E-state index contributed by atoms with van der Waals surface area (Å²) in [5.41, 5.74) is 0.552. The number of carbonyl (C=O) groups is 1. The van der Waals surface area contributed by atoms with Gasteiger partial charge in [0.25, 0.3) is 0 Å². The number of hydrogen-bond acceptors (Lipinski definition) is 7. The Morgan fingerprint density at radius 1 is 1.21 bits per heavy atom. The zero-order chi connectivity index (χ0) is 23.8. The van der Waals surface area contributed by atoms with Gasteiger partial charge in [-0.2, -0.15) is 0 Å². The fraction of sp³-hybridized carbons (Fsp3) is 0.318. The fourth-order valence-electron chi connectivity index (χ4n) is 3.07. The maximum atomic E-state index is 14.8. The number of ether oxygens (including phenoxy) is 1. The molecule has 8 nitrogen and oxygen atoms in total. The largest absolute Gasteiger partial charge is 0.495 e. The number of carbonyl (C=O) groups excluding carboxylic acids is 1. The van der Waals surface area contributed by atoms with Crippen LogP contribution in [0.1, 0.15) is 32.4 Å². The van der Waals surface area contributed by atoms with Crippen LogP contribution in [-0.4, -0.2) is 36.7 Å². The summed E-state index contributed by atoms with van der Waals surface area (Å²) in [6.45, 7) is 3.29. The van der Waals surface area contributed by atoms with E-state index in [1.807, 2.05) is 0 Å². The van der Waals surface area contributed by atoms with Gasteiger partial charge in [-0.05, 0) is 50.5 Å². The minimum absolute atomic E-state index is 0.0255. The number of anilines is 2. The second-order valence-electron chi connectivity index (χ2n) is 8.27. The summed E-state index contributed by atoms with van der Waals surface area (Å²) in [6.07, 6.45) is 4.42. The monoisotopic (exact) mass is 490 g/mol. The van der Waals surface area contributed by atoms with E-state index in [0.29, 0.717) is 35.4 Å². The number of aromatic nitrogens is 2. The van der Waals surface area contributed by atoms with Crippen molar-refractivity contribution >= 4 is 38.1 Å². The van der Waals surface area contributed by atoms with Gasteiger partial charge >= 0.3 is 0 Å². The van der Waals surface area contributed by atoms with Crippen molar-refractivity contribution in [3.63, 3.8) is 0 Å². The van der Waals surface area contributed by atoms with Gasteiger partial charge in [0, 0.05) is 17.1 Å². The van der Waals surface area contributed by atoms with Crippen LogP contribution in [0, 0.1) is 5.82 Å². The molecule has 0 unspecified atom stereocenters. The third kappa shape index (κ3) is 4.98. The van der Waals surface area contributed by atoms with Crippen molar-refractivity contribution in [1.29, 1.82) is 0 Å². The van der Waals surface area contributed by atoms with Gasteiger partial charge in [0.15, 0.2) is 5.13 Å². The number of hydrogen-bond donors (Lipinski definition) is 2. The summed E-state index contributed by atoms with van der Waals surface area (Å²) in [4.78, 5) is 21.3. The summed E-state index contributed by atoms with van der Waals surface area (Å²) in [6, 6.07) is 6.21. The summed E-state index contributed by atoms with van der Waals surface area (Å²) >= 11 is 1.11. The molecule has 0 atom stereocenters. The van der Waals surface area contributed by atoms with Gasteiger partial charge in [-0.25, -0.2) is 17.8 Å². The van der Waals surface area contributed by atoms with Gasteiger partial charge in [0.1, 0.15) is 11.6 Å². The van der Waals surface area contributed by atoms with E-state index >= 15 is 0 Å². The molecule has 1 aromatic carbocycles. The normalized spacial score (nSPS) is 14.1. The maximum Gasteiger partial charge on any atom is 0.237 e. The molecular weight excluding hydrogens is 467 g/mol. The van der Waals surface area contributed by atoms with Crippen LogP contribution in [0.3, 0.4) is 0 Å². The number of pyridine rings is 1. The second kappa shape index (κ2) is 8.71. The Kier molecular flexibility index (Phi) is 6.10. The molecule has 2 aromatic heterocycles. The van der Waals surface area contributed by atoms with Gasteiger partial charge in [0.05, 0.1) is 35.4 Å². The van der Waals surface area contributed by atoms with Crippen LogP contribution in [0.2, 0.25) is 0 Å². The van der Waals surface area contributed by atoms with Crippen molar-refractivity contribution in [1.82, 2.24) is 9.97 Å². The molecule has 2 N–H and O–H groups in total. The van der Waals surface area contributed by atoms with Crippen LogP contribution >= 0.6 is 11.3 Å². The van der Waals surface area contributed by atoms with E-state index in [4.69, 9.17) is 4.74 Å². The molecule has 174 valence electrons. The number of rotatable bonds is 8. The second-order valence-corrected chi connectivity index (χ2v) is 11.1. The van der Waals surface area contributed by atoms with Gasteiger partial charge in [-0.1, -0.05) is 6.07 Å². The number of nitrogens with one attached hydrogen (secondary N) is 2. The van der Waals surface area contributed by atoms with Crippen molar-refractivity contribution in [3.8, 4) is 16.9 Å². The van der Waals surface area contributed by atoms with Crippen molar-refractivity contribution in [2.75, 3.05) is 17.1 Å². The van der Waals surface area contributed by atoms with Crippen molar-refractivity contribution in [2.24, 2.45) is 0 Å². The van der Waals surface area contributed by atoms with Crippen molar-refractivity contribution in [3.05, 3.63) is 53.6 Å². The molecule has 33 heavy (non-hydrogen) atoms. The molecule has 0 radical (unpaired) electrons. The third-order valence-corrected chi connectivity index (χ3v) is 8.12. The topological polar surface area (TPSA) is 110 Å². The molecular formula is C22H23FN4O4S2. The highest BCUT2D eigenvalue weighted by molar-refractivity contribution is 7.93. The molecule has 1 aliphatic rings. The summed E-state index contributed by atoms with van der Waals surface area (Å²) in [7, 11) is -1.92. The van der Waals surface area contributed by atoms with Crippen LogP contribution in [0.25, 0.3) is 11.1 Å². The van der Waals surface area contributed by atoms with Crippen LogP contribution in [0.4, 0.5) is 15.2 Å². The molecule has 1 amide bonds. The minimum atomic E-state index is -3.44. The molecule has 0 saturated heterocycles. The van der Waals surface area contributed by atoms with Crippen LogP contribution in [-0.2, 0) is 20.2 Å². The highest BCUT2D eigenvalue weighted by atomic mass is 32.2. The van der Waals surface area contributed by atoms with Crippen LogP contribution in [0.15, 0.2) is 42.0 Å². The first-order valence-corrected chi connectivity index (χ1v) is 12.6. The quantitative estimate of drug-likeness (QED) is 0.490. The molecule has 1 aliphatic carbocycles. The number of halogens is 1. The molecule has 0 spiro atoms. The summed E-state index contributed by atoms with van der Waals surface area (Å²) in [5.74, 6) is -0.524. The summed E-state index contributed by atoms with van der Waals surface area (Å²) < 4.78 is 46.7. The SMILES string of the molecule is COc1cncc(-c2ccc(NC(=O)C(C)(C)c3csc(NS(=O)(=O)C4CC4)n3)c(F)c2)c1. The Bertz CT molecular complexity index is 1300. The van der Waals surface area contributed by atoms with Gasteiger partial charge in [-0.3, -0.25) is 14.5 Å². The first-order chi connectivity index (χ1) is 15.6. The van der Waals surface area contributed by atoms with E-state index in [2.05, 4.69) is 20.0 Å². The third-order valence-electron chi connectivity index (χ3n) is 5.40.